The highest BCUT2D eigenvalue weighted by molar-refractivity contribution is 5.87. The molecule has 0 spiro atoms. The summed E-state index contributed by atoms with van der Waals surface area (Å²) < 4.78 is 0. The minimum atomic E-state index is -0.917. The van der Waals surface area contributed by atoms with Gasteiger partial charge < -0.3 is 5.11 Å². The standard InChI is InChI=1S/C26H33NO2/c1-6-24(2,3)18-14-20-19(8-7-11-25(20,4)5)21(15-18)26(12-13-26)22-10-9-17(16-27-22)23(28)29/h9-10,14-16H,6-8,11-13H2,1-5H3,(H,28,29). The van der Waals surface area contributed by atoms with Crippen LogP contribution in [0.5, 0.6) is 0 Å². The van der Waals surface area contributed by atoms with Gasteiger partial charge in [0.1, 0.15) is 0 Å². The Morgan fingerprint density at radius 2 is 1.83 bits per heavy atom. The first-order valence-corrected chi connectivity index (χ1v) is 11.0. The van der Waals surface area contributed by atoms with Crippen LogP contribution < -0.4 is 0 Å². The molecule has 3 heteroatoms. The van der Waals surface area contributed by atoms with Crippen molar-refractivity contribution in [2.75, 3.05) is 0 Å². The summed E-state index contributed by atoms with van der Waals surface area (Å²) in [5, 5.41) is 9.24. The number of fused-ring (bicyclic) bond motifs is 1. The van der Waals surface area contributed by atoms with Crippen molar-refractivity contribution in [2.24, 2.45) is 0 Å². The van der Waals surface area contributed by atoms with Crippen molar-refractivity contribution in [3.63, 3.8) is 0 Å². The second-order valence-corrected chi connectivity index (χ2v) is 10.3. The molecule has 3 nitrogen and oxygen atoms in total. The van der Waals surface area contributed by atoms with E-state index in [1.54, 1.807) is 6.07 Å². The molecule has 0 amide bonds. The van der Waals surface area contributed by atoms with Gasteiger partial charge in [-0.05, 0) is 83.7 Å². The van der Waals surface area contributed by atoms with Crippen LogP contribution in [0.4, 0.5) is 0 Å². The minimum absolute atomic E-state index is 0.0473. The fraction of sp³-hybridized carbons (Fsp3) is 0.538. The minimum Gasteiger partial charge on any atom is -0.478 e. The average Bonchev–Trinajstić information content (AvgIpc) is 3.49. The number of aromatic carboxylic acids is 1. The zero-order chi connectivity index (χ0) is 21.0. The fourth-order valence-corrected chi connectivity index (χ4v) is 5.00. The molecule has 0 unspecified atom stereocenters. The second-order valence-electron chi connectivity index (χ2n) is 10.3. The predicted molar refractivity (Wildman–Crippen MR) is 117 cm³/mol. The van der Waals surface area contributed by atoms with Gasteiger partial charge in [-0.1, -0.05) is 46.8 Å². The van der Waals surface area contributed by atoms with Gasteiger partial charge in [-0.2, -0.15) is 0 Å². The Morgan fingerprint density at radius 3 is 2.38 bits per heavy atom. The van der Waals surface area contributed by atoms with Gasteiger partial charge in [0.25, 0.3) is 0 Å². The number of carboxylic acid groups (broad SMARTS) is 1. The first-order valence-electron chi connectivity index (χ1n) is 11.0. The van der Waals surface area contributed by atoms with E-state index in [0.717, 1.165) is 31.4 Å². The summed E-state index contributed by atoms with van der Waals surface area (Å²) in [4.78, 5) is 15.9. The molecule has 2 aromatic rings. The van der Waals surface area contributed by atoms with E-state index in [-0.39, 0.29) is 21.8 Å². The quantitative estimate of drug-likeness (QED) is 0.664. The predicted octanol–water partition coefficient (Wildman–Crippen LogP) is 6.16. The molecule has 1 aromatic heterocycles. The summed E-state index contributed by atoms with van der Waals surface area (Å²) >= 11 is 0. The van der Waals surface area contributed by atoms with Gasteiger partial charge in [-0.25, -0.2) is 4.79 Å². The molecular weight excluding hydrogens is 358 g/mol. The SMILES string of the molecule is CCC(C)(C)c1cc2c(c(C3(c4ccc(C(=O)O)cn4)CC3)c1)CCCC2(C)C. The van der Waals surface area contributed by atoms with Crippen LogP contribution in [-0.4, -0.2) is 16.1 Å². The molecule has 1 heterocycles. The van der Waals surface area contributed by atoms with Crippen LogP contribution in [0.3, 0.4) is 0 Å². The molecule has 0 atom stereocenters. The highest BCUT2D eigenvalue weighted by atomic mass is 16.4. The van der Waals surface area contributed by atoms with Gasteiger partial charge in [-0.3, -0.25) is 4.98 Å². The molecule has 2 aliphatic rings. The van der Waals surface area contributed by atoms with Gasteiger partial charge in [0.15, 0.2) is 0 Å². The monoisotopic (exact) mass is 391 g/mol. The molecule has 2 aliphatic carbocycles. The first kappa shape index (κ1) is 20.1. The lowest BCUT2D eigenvalue weighted by Gasteiger charge is -2.38. The molecule has 1 aromatic carbocycles. The molecule has 154 valence electrons. The van der Waals surface area contributed by atoms with E-state index in [1.165, 1.54) is 41.3 Å². The number of nitrogens with zero attached hydrogens (tertiary/aromatic N) is 1. The van der Waals surface area contributed by atoms with Gasteiger partial charge >= 0.3 is 5.97 Å². The maximum Gasteiger partial charge on any atom is 0.337 e. The van der Waals surface area contributed by atoms with E-state index >= 15 is 0 Å². The number of carbonyl (C=O) groups is 1. The van der Waals surface area contributed by atoms with Crippen LogP contribution in [0.1, 0.15) is 105 Å². The number of pyridine rings is 1. The molecule has 4 rings (SSSR count). The van der Waals surface area contributed by atoms with E-state index in [4.69, 9.17) is 0 Å². The Hall–Kier alpha value is -2.16. The number of aromatic nitrogens is 1. The van der Waals surface area contributed by atoms with E-state index in [0.29, 0.717) is 0 Å². The Bertz CT molecular complexity index is 949. The van der Waals surface area contributed by atoms with Crippen molar-refractivity contribution in [2.45, 2.75) is 89.4 Å². The molecule has 0 saturated heterocycles. The summed E-state index contributed by atoms with van der Waals surface area (Å²) in [6.07, 6.45) is 8.40. The van der Waals surface area contributed by atoms with Crippen LogP contribution in [-0.2, 0) is 22.7 Å². The van der Waals surface area contributed by atoms with Crippen LogP contribution in [0.25, 0.3) is 0 Å². The lowest BCUT2D eigenvalue weighted by atomic mass is 9.67. The molecule has 0 bridgehead atoms. The normalized spacial score (nSPS) is 19.5. The largest absolute Gasteiger partial charge is 0.478 e. The van der Waals surface area contributed by atoms with Gasteiger partial charge in [0.2, 0.25) is 0 Å². The maximum atomic E-state index is 11.3. The number of hydrogen-bond donors (Lipinski definition) is 1. The summed E-state index contributed by atoms with van der Waals surface area (Å²) in [5.41, 5.74) is 7.49. The van der Waals surface area contributed by atoms with Crippen LogP contribution >= 0.6 is 0 Å². The van der Waals surface area contributed by atoms with Crippen LogP contribution in [0.15, 0.2) is 30.5 Å². The lowest BCUT2D eigenvalue weighted by Crippen LogP contribution is -2.29. The summed E-state index contributed by atoms with van der Waals surface area (Å²) in [7, 11) is 0. The second kappa shape index (κ2) is 6.68. The van der Waals surface area contributed by atoms with Gasteiger partial charge in [0.05, 0.1) is 11.3 Å². The number of hydrogen-bond acceptors (Lipinski definition) is 2. The molecule has 0 aliphatic heterocycles. The Labute approximate surface area is 174 Å². The van der Waals surface area contributed by atoms with Crippen molar-refractivity contribution in [3.8, 4) is 0 Å². The third-order valence-electron chi connectivity index (χ3n) is 7.64. The number of rotatable bonds is 5. The summed E-state index contributed by atoms with van der Waals surface area (Å²) in [6.45, 7) is 11.7. The first-order chi connectivity index (χ1) is 13.6. The highest BCUT2D eigenvalue weighted by Gasteiger charge is 2.50. The van der Waals surface area contributed by atoms with Crippen molar-refractivity contribution in [1.82, 2.24) is 4.98 Å². The number of benzene rings is 1. The van der Waals surface area contributed by atoms with E-state index in [2.05, 4.69) is 51.7 Å². The Balaban J connectivity index is 1.91. The smallest absolute Gasteiger partial charge is 0.337 e. The van der Waals surface area contributed by atoms with Crippen molar-refractivity contribution < 1.29 is 9.90 Å². The van der Waals surface area contributed by atoms with E-state index < -0.39 is 5.97 Å². The van der Waals surface area contributed by atoms with E-state index in [9.17, 15) is 9.90 Å². The number of carboxylic acids is 1. The van der Waals surface area contributed by atoms with Gasteiger partial charge in [0, 0.05) is 11.6 Å². The third-order valence-corrected chi connectivity index (χ3v) is 7.64. The van der Waals surface area contributed by atoms with E-state index in [1.807, 2.05) is 6.07 Å². The van der Waals surface area contributed by atoms with Crippen molar-refractivity contribution in [3.05, 3.63) is 64.0 Å². The van der Waals surface area contributed by atoms with Gasteiger partial charge in [-0.15, -0.1) is 0 Å². The Kier molecular flexibility index (Phi) is 4.64. The zero-order valence-corrected chi connectivity index (χ0v) is 18.4. The fourth-order valence-electron chi connectivity index (χ4n) is 5.00. The lowest BCUT2D eigenvalue weighted by molar-refractivity contribution is 0.0696. The molecular formula is C26H33NO2. The summed E-state index contributed by atoms with van der Waals surface area (Å²) in [5.74, 6) is -0.917. The van der Waals surface area contributed by atoms with Crippen LogP contribution in [0.2, 0.25) is 0 Å². The Morgan fingerprint density at radius 1 is 1.14 bits per heavy atom. The molecule has 0 radical (unpaired) electrons. The zero-order valence-electron chi connectivity index (χ0n) is 18.4. The van der Waals surface area contributed by atoms with Crippen molar-refractivity contribution in [1.29, 1.82) is 0 Å². The maximum absolute atomic E-state index is 11.3. The van der Waals surface area contributed by atoms with Crippen molar-refractivity contribution >= 4 is 5.97 Å². The molecule has 1 N–H and O–H groups in total. The molecule has 1 fully saturated rings. The molecule has 1 saturated carbocycles. The summed E-state index contributed by atoms with van der Waals surface area (Å²) in [6, 6.07) is 8.59. The highest BCUT2D eigenvalue weighted by Crippen LogP contribution is 2.56. The van der Waals surface area contributed by atoms with Crippen LogP contribution in [0, 0.1) is 0 Å². The molecule has 29 heavy (non-hydrogen) atoms. The third kappa shape index (κ3) is 3.29. The topological polar surface area (TPSA) is 50.2 Å². The average molecular weight is 392 g/mol.